The molecule has 6 nitrogen and oxygen atoms in total. The van der Waals surface area contributed by atoms with E-state index in [2.05, 4.69) is 66.0 Å². The summed E-state index contributed by atoms with van der Waals surface area (Å²) in [5.74, 6) is 0.746. The second-order valence-electron chi connectivity index (χ2n) is 8.85. The van der Waals surface area contributed by atoms with Crippen LogP contribution in [0.25, 0.3) is 22.6 Å². The minimum absolute atomic E-state index is 0.338. The van der Waals surface area contributed by atoms with Crippen molar-refractivity contribution >= 4 is 0 Å². The fourth-order valence-corrected chi connectivity index (χ4v) is 4.52. The fraction of sp³-hybridized carbons (Fsp3) is 0.296. The summed E-state index contributed by atoms with van der Waals surface area (Å²) in [4.78, 5) is 14.1. The molecule has 0 bridgehead atoms. The maximum absolute atomic E-state index is 6.06. The molecule has 0 unspecified atom stereocenters. The van der Waals surface area contributed by atoms with E-state index in [0.29, 0.717) is 12.1 Å². The number of nitrogens with one attached hydrogen (secondary N) is 1. The lowest BCUT2D eigenvalue weighted by atomic mass is 10.0. The molecular weight excluding hydrogens is 410 g/mol. The van der Waals surface area contributed by atoms with Crippen molar-refractivity contribution in [2.45, 2.75) is 39.7 Å². The van der Waals surface area contributed by atoms with Crippen LogP contribution in [0.15, 0.2) is 61.1 Å². The Kier molecular flexibility index (Phi) is 5.92. The number of hydrogen-bond acceptors (Lipinski definition) is 5. The number of ether oxygens (including phenoxy) is 1. The van der Waals surface area contributed by atoms with E-state index in [1.807, 2.05) is 24.5 Å². The van der Waals surface area contributed by atoms with E-state index in [4.69, 9.17) is 14.7 Å². The Bertz CT molecular complexity index is 1240. The molecule has 1 aliphatic rings. The third kappa shape index (κ3) is 4.66. The van der Waals surface area contributed by atoms with Crippen molar-refractivity contribution < 1.29 is 4.74 Å². The highest BCUT2D eigenvalue weighted by molar-refractivity contribution is 5.77. The van der Waals surface area contributed by atoms with Crippen molar-refractivity contribution in [1.82, 2.24) is 24.8 Å². The van der Waals surface area contributed by atoms with Crippen molar-refractivity contribution in [2.24, 2.45) is 0 Å². The Morgan fingerprint density at radius 3 is 2.33 bits per heavy atom. The molecule has 0 amide bonds. The SMILES string of the molecule is Cc1ccc(-c2ncn(C3CCNCC3)c2-c2ccnc(Oc3cc(C)cc(C)c3)n2)cc1. The molecule has 0 aliphatic carbocycles. The molecule has 4 aromatic rings. The van der Waals surface area contributed by atoms with Gasteiger partial charge in [0.15, 0.2) is 0 Å². The van der Waals surface area contributed by atoms with Crippen LogP contribution in [0.5, 0.6) is 11.8 Å². The molecule has 2 aromatic heterocycles. The summed E-state index contributed by atoms with van der Waals surface area (Å²) >= 11 is 0. The van der Waals surface area contributed by atoms with Gasteiger partial charge in [-0.1, -0.05) is 35.9 Å². The largest absolute Gasteiger partial charge is 0.424 e. The van der Waals surface area contributed by atoms with Gasteiger partial charge >= 0.3 is 6.01 Å². The smallest absolute Gasteiger partial charge is 0.322 e. The Balaban J connectivity index is 1.57. The van der Waals surface area contributed by atoms with E-state index in [1.165, 1.54) is 5.56 Å². The summed E-state index contributed by atoms with van der Waals surface area (Å²) in [5.41, 5.74) is 7.36. The minimum Gasteiger partial charge on any atom is -0.424 e. The first-order valence-electron chi connectivity index (χ1n) is 11.5. The number of imidazole rings is 1. The Morgan fingerprint density at radius 1 is 0.879 bits per heavy atom. The van der Waals surface area contributed by atoms with Crippen LogP contribution in [0, 0.1) is 20.8 Å². The number of benzene rings is 2. The molecule has 0 spiro atoms. The van der Waals surface area contributed by atoms with Gasteiger partial charge in [-0.05, 0) is 76.0 Å². The quantitative estimate of drug-likeness (QED) is 0.435. The summed E-state index contributed by atoms with van der Waals surface area (Å²) in [6.07, 6.45) is 5.85. The predicted molar refractivity (Wildman–Crippen MR) is 131 cm³/mol. The Morgan fingerprint density at radius 2 is 1.61 bits per heavy atom. The highest BCUT2D eigenvalue weighted by Crippen LogP contribution is 2.35. The van der Waals surface area contributed by atoms with E-state index in [1.54, 1.807) is 6.20 Å². The fourth-order valence-electron chi connectivity index (χ4n) is 4.52. The maximum Gasteiger partial charge on any atom is 0.322 e. The zero-order valence-corrected chi connectivity index (χ0v) is 19.4. The van der Waals surface area contributed by atoms with Crippen molar-refractivity contribution in [3.63, 3.8) is 0 Å². The Hall–Kier alpha value is -3.51. The van der Waals surface area contributed by atoms with Gasteiger partial charge < -0.3 is 14.6 Å². The van der Waals surface area contributed by atoms with Crippen LogP contribution in [0.2, 0.25) is 0 Å². The van der Waals surface area contributed by atoms with Crippen LogP contribution in [0.1, 0.15) is 35.6 Å². The van der Waals surface area contributed by atoms with Gasteiger partial charge in [0.1, 0.15) is 5.75 Å². The number of hydrogen-bond donors (Lipinski definition) is 1. The molecule has 0 radical (unpaired) electrons. The molecule has 0 atom stereocenters. The summed E-state index contributed by atoms with van der Waals surface area (Å²) in [6, 6.07) is 17.3. The lowest BCUT2D eigenvalue weighted by molar-refractivity contribution is 0.370. The number of aromatic nitrogens is 4. The van der Waals surface area contributed by atoms with Crippen LogP contribution >= 0.6 is 0 Å². The molecule has 2 aromatic carbocycles. The van der Waals surface area contributed by atoms with Crippen molar-refractivity contribution in [3.8, 4) is 34.4 Å². The van der Waals surface area contributed by atoms with E-state index in [0.717, 1.165) is 65.5 Å². The van der Waals surface area contributed by atoms with Gasteiger partial charge in [0.05, 0.1) is 23.4 Å². The standard InChI is InChI=1S/C27H29N5O/c1-18-4-6-21(7-5-18)25-26(32(17-30-25)22-8-11-28-12-9-22)24-10-13-29-27(31-24)33-23-15-19(2)14-20(3)16-23/h4-7,10,13-17,22,28H,8-9,11-12H2,1-3H3. The third-order valence-corrected chi connectivity index (χ3v) is 6.10. The molecule has 1 fully saturated rings. The number of rotatable bonds is 5. The van der Waals surface area contributed by atoms with Crippen LogP contribution in [-0.2, 0) is 0 Å². The first-order chi connectivity index (χ1) is 16.1. The van der Waals surface area contributed by atoms with Crippen molar-refractivity contribution in [3.05, 3.63) is 77.7 Å². The van der Waals surface area contributed by atoms with Crippen LogP contribution in [0.3, 0.4) is 0 Å². The zero-order chi connectivity index (χ0) is 22.8. The molecular formula is C27H29N5O. The molecule has 0 saturated carbocycles. The maximum atomic E-state index is 6.06. The number of piperidine rings is 1. The average molecular weight is 440 g/mol. The molecule has 168 valence electrons. The van der Waals surface area contributed by atoms with Crippen LogP contribution < -0.4 is 10.1 Å². The van der Waals surface area contributed by atoms with Crippen LogP contribution in [-0.4, -0.2) is 32.6 Å². The zero-order valence-electron chi connectivity index (χ0n) is 19.4. The second-order valence-corrected chi connectivity index (χ2v) is 8.85. The van der Waals surface area contributed by atoms with Crippen LogP contribution in [0.4, 0.5) is 0 Å². The first kappa shape index (κ1) is 21.3. The highest BCUT2D eigenvalue weighted by atomic mass is 16.5. The van der Waals surface area contributed by atoms with Gasteiger partial charge in [-0.25, -0.2) is 9.97 Å². The first-order valence-corrected chi connectivity index (χ1v) is 11.5. The van der Waals surface area contributed by atoms with Crippen molar-refractivity contribution in [1.29, 1.82) is 0 Å². The van der Waals surface area contributed by atoms with Gasteiger partial charge in [-0.3, -0.25) is 0 Å². The summed E-state index contributed by atoms with van der Waals surface area (Å²) < 4.78 is 8.35. The third-order valence-electron chi connectivity index (χ3n) is 6.10. The predicted octanol–water partition coefficient (Wildman–Crippen LogP) is 5.65. The van der Waals surface area contributed by atoms with E-state index in [-0.39, 0.29) is 0 Å². The van der Waals surface area contributed by atoms with Gasteiger partial charge in [0.25, 0.3) is 0 Å². The molecule has 6 heteroatoms. The molecule has 5 rings (SSSR count). The lowest BCUT2D eigenvalue weighted by Gasteiger charge is -2.25. The molecule has 1 aliphatic heterocycles. The van der Waals surface area contributed by atoms with Gasteiger partial charge in [-0.2, -0.15) is 4.98 Å². The van der Waals surface area contributed by atoms with Crippen molar-refractivity contribution in [2.75, 3.05) is 13.1 Å². The molecule has 1 saturated heterocycles. The second kappa shape index (κ2) is 9.16. The van der Waals surface area contributed by atoms with Gasteiger partial charge in [0, 0.05) is 17.8 Å². The lowest BCUT2D eigenvalue weighted by Crippen LogP contribution is -2.29. The summed E-state index contributed by atoms with van der Waals surface area (Å²) in [5, 5.41) is 3.45. The topological polar surface area (TPSA) is 64.9 Å². The monoisotopic (exact) mass is 439 g/mol. The molecule has 3 heterocycles. The Labute approximate surface area is 194 Å². The minimum atomic E-state index is 0.338. The molecule has 33 heavy (non-hydrogen) atoms. The van der Waals surface area contributed by atoms with E-state index < -0.39 is 0 Å². The van der Waals surface area contributed by atoms with Gasteiger partial charge in [0.2, 0.25) is 0 Å². The van der Waals surface area contributed by atoms with Gasteiger partial charge in [-0.15, -0.1) is 0 Å². The number of nitrogens with zero attached hydrogens (tertiary/aromatic N) is 4. The summed E-state index contributed by atoms with van der Waals surface area (Å²) in [7, 11) is 0. The van der Waals surface area contributed by atoms with E-state index >= 15 is 0 Å². The van der Waals surface area contributed by atoms with E-state index in [9.17, 15) is 0 Å². The summed E-state index contributed by atoms with van der Waals surface area (Å²) in [6.45, 7) is 8.23. The normalized spacial score (nSPS) is 14.4. The average Bonchev–Trinajstić information content (AvgIpc) is 3.25. The number of aryl methyl sites for hydroxylation is 3. The highest BCUT2D eigenvalue weighted by Gasteiger charge is 2.23. The molecule has 1 N–H and O–H groups in total.